The van der Waals surface area contributed by atoms with Crippen LogP contribution in [0.1, 0.15) is 13.8 Å². The van der Waals surface area contributed by atoms with Gasteiger partial charge >= 0.3 is 12.0 Å². The maximum Gasteiger partial charge on any atom is 0.325 e. The number of esters is 1. The molecule has 1 rings (SSSR count). The van der Waals surface area contributed by atoms with Gasteiger partial charge in [0.15, 0.2) is 5.03 Å². The molecule has 24 heavy (non-hydrogen) atoms. The number of hydrogen-bond donors (Lipinski definition) is 0. The summed E-state index contributed by atoms with van der Waals surface area (Å²) in [5, 5.41) is 8.24. The second-order valence-corrected chi connectivity index (χ2v) is 17.3. The van der Waals surface area contributed by atoms with Crippen molar-refractivity contribution in [2.45, 2.75) is 63.4 Å². The van der Waals surface area contributed by atoms with Gasteiger partial charge in [-0.05, 0) is 53.1 Å². The summed E-state index contributed by atoms with van der Waals surface area (Å²) >= 11 is 1.23. The topological polar surface area (TPSA) is 83.4 Å². The third-order valence-corrected chi connectivity index (χ3v) is 4.94. The van der Waals surface area contributed by atoms with E-state index in [0.717, 1.165) is 0 Å². The zero-order valence-electron chi connectivity index (χ0n) is 15.7. The van der Waals surface area contributed by atoms with Gasteiger partial charge in [0, 0.05) is 0 Å². The van der Waals surface area contributed by atoms with Gasteiger partial charge < -0.3 is 13.6 Å². The number of carbonyl (C=O) groups excluding carboxylic acids is 1. The Bertz CT molecular complexity index is 576. The zero-order valence-corrected chi connectivity index (χ0v) is 18.5. The molecule has 0 aliphatic rings. The first-order chi connectivity index (χ1) is 10.9. The monoisotopic (exact) mass is 389 g/mol. The molecule has 1 aromatic rings. The molecular weight excluding hydrogens is 362 g/mol. The molecule has 0 radical (unpaired) electrons. The minimum atomic E-state index is -1.91. The molecular formula is C14H27N3O4SSi2. The highest BCUT2D eigenvalue weighted by molar-refractivity contribution is 8.00. The molecule has 1 unspecified atom stereocenters. The lowest BCUT2D eigenvalue weighted by molar-refractivity contribution is -0.142. The van der Waals surface area contributed by atoms with Gasteiger partial charge in [-0.3, -0.25) is 4.79 Å². The molecule has 0 N–H and O–H groups in total. The van der Waals surface area contributed by atoms with Gasteiger partial charge in [-0.2, -0.15) is 4.98 Å². The highest BCUT2D eigenvalue weighted by Crippen LogP contribution is 2.31. The van der Waals surface area contributed by atoms with Crippen LogP contribution in [-0.2, 0) is 9.53 Å². The van der Waals surface area contributed by atoms with Crippen molar-refractivity contribution in [1.29, 1.82) is 0 Å². The first-order valence-corrected chi connectivity index (χ1v) is 15.6. The minimum Gasteiger partial charge on any atom is -0.529 e. The van der Waals surface area contributed by atoms with Crippen molar-refractivity contribution in [2.24, 2.45) is 0 Å². The summed E-state index contributed by atoms with van der Waals surface area (Å²) in [5.74, 6) is 0.0734. The third-order valence-electron chi connectivity index (χ3n) is 2.31. The van der Waals surface area contributed by atoms with E-state index in [9.17, 15) is 4.79 Å². The highest BCUT2D eigenvalue weighted by atomic mass is 32.2. The average molecular weight is 390 g/mol. The molecule has 0 amide bonds. The van der Waals surface area contributed by atoms with Crippen LogP contribution in [0.25, 0.3) is 0 Å². The van der Waals surface area contributed by atoms with E-state index in [2.05, 4.69) is 34.8 Å². The van der Waals surface area contributed by atoms with E-state index in [0.29, 0.717) is 17.5 Å². The van der Waals surface area contributed by atoms with Crippen LogP contribution in [0.4, 0.5) is 0 Å². The molecule has 0 aliphatic heterocycles. The van der Waals surface area contributed by atoms with Crippen LogP contribution in [0.3, 0.4) is 0 Å². The number of ether oxygens (including phenoxy) is 1. The predicted octanol–water partition coefficient (Wildman–Crippen LogP) is 3.34. The molecule has 0 aromatic carbocycles. The Morgan fingerprint density at radius 1 is 1.08 bits per heavy atom. The maximum absolute atomic E-state index is 11.8. The van der Waals surface area contributed by atoms with Gasteiger partial charge in [-0.25, -0.2) is 0 Å². The average Bonchev–Trinajstić information content (AvgIpc) is 2.38. The van der Waals surface area contributed by atoms with Crippen LogP contribution >= 0.6 is 11.8 Å². The number of thioether (sulfide) groups is 1. The molecule has 1 aromatic heterocycles. The van der Waals surface area contributed by atoms with E-state index in [1.54, 1.807) is 13.8 Å². The Balaban J connectivity index is 3.07. The van der Waals surface area contributed by atoms with Gasteiger partial charge in [0.05, 0.1) is 6.61 Å². The quantitative estimate of drug-likeness (QED) is 0.380. The van der Waals surface area contributed by atoms with Crippen LogP contribution in [0.5, 0.6) is 11.9 Å². The highest BCUT2D eigenvalue weighted by Gasteiger charge is 2.26. The largest absolute Gasteiger partial charge is 0.529 e. The Labute approximate surface area is 150 Å². The van der Waals surface area contributed by atoms with Gasteiger partial charge in [-0.15, -0.1) is 5.10 Å². The van der Waals surface area contributed by atoms with E-state index in [-0.39, 0.29) is 12.0 Å². The molecule has 0 aliphatic carbocycles. The second kappa shape index (κ2) is 8.30. The Kier molecular flexibility index (Phi) is 7.23. The molecule has 0 spiro atoms. The number of carbonyl (C=O) groups is 1. The van der Waals surface area contributed by atoms with Crippen LogP contribution in [0.15, 0.2) is 5.03 Å². The van der Waals surface area contributed by atoms with Crippen LogP contribution in [0.2, 0.25) is 39.3 Å². The van der Waals surface area contributed by atoms with Crippen molar-refractivity contribution in [3.63, 3.8) is 0 Å². The number of rotatable bonds is 8. The van der Waals surface area contributed by atoms with Crippen molar-refractivity contribution in [3.8, 4) is 11.9 Å². The van der Waals surface area contributed by atoms with Crippen LogP contribution in [0, 0.1) is 0 Å². The zero-order chi connectivity index (χ0) is 18.5. The fraction of sp³-hybridized carbons (Fsp3) is 0.714. The lowest BCUT2D eigenvalue weighted by Crippen LogP contribution is -2.32. The van der Waals surface area contributed by atoms with Crippen LogP contribution < -0.4 is 8.85 Å². The first kappa shape index (κ1) is 20.9. The van der Waals surface area contributed by atoms with Crippen molar-refractivity contribution >= 4 is 34.4 Å². The maximum atomic E-state index is 11.8. The standard InChI is InChI=1S/C14H27N3O4SSi2/c1-9-19-13(18)10(2)22-12-11(20-23(3,4)5)15-14(17-16-12)21-24(6,7)8/h10H,9H2,1-8H3. The van der Waals surface area contributed by atoms with E-state index in [4.69, 9.17) is 13.6 Å². The molecule has 136 valence electrons. The Morgan fingerprint density at radius 2 is 1.67 bits per heavy atom. The first-order valence-electron chi connectivity index (χ1n) is 7.87. The van der Waals surface area contributed by atoms with E-state index >= 15 is 0 Å². The van der Waals surface area contributed by atoms with Crippen molar-refractivity contribution in [2.75, 3.05) is 6.61 Å². The van der Waals surface area contributed by atoms with E-state index < -0.39 is 21.9 Å². The van der Waals surface area contributed by atoms with Gasteiger partial charge in [0.1, 0.15) is 5.25 Å². The van der Waals surface area contributed by atoms with E-state index in [1.165, 1.54) is 11.8 Å². The minimum absolute atomic E-state index is 0.218. The lowest BCUT2D eigenvalue weighted by atomic mass is 10.5. The summed E-state index contributed by atoms with van der Waals surface area (Å²) in [5.41, 5.74) is 0. The number of nitrogens with zero attached hydrogens (tertiary/aromatic N) is 3. The molecule has 1 atom stereocenters. The summed E-state index contributed by atoms with van der Waals surface area (Å²) in [7, 11) is -3.76. The predicted molar refractivity (Wildman–Crippen MR) is 99.7 cm³/mol. The molecule has 10 heteroatoms. The van der Waals surface area contributed by atoms with Crippen molar-refractivity contribution < 1.29 is 18.4 Å². The normalized spacial score (nSPS) is 13.3. The van der Waals surface area contributed by atoms with Crippen molar-refractivity contribution in [3.05, 3.63) is 0 Å². The summed E-state index contributed by atoms with van der Waals surface area (Å²) in [6, 6.07) is 0.218. The molecule has 0 fully saturated rings. The number of hydrogen-bond acceptors (Lipinski definition) is 8. The fourth-order valence-electron chi connectivity index (χ4n) is 1.51. The van der Waals surface area contributed by atoms with Gasteiger partial charge in [-0.1, -0.05) is 16.9 Å². The Hall–Kier alpha value is -1.14. The smallest absolute Gasteiger partial charge is 0.325 e. The van der Waals surface area contributed by atoms with E-state index in [1.807, 2.05) is 19.6 Å². The molecule has 0 saturated carbocycles. The van der Waals surface area contributed by atoms with Crippen LogP contribution in [-0.4, -0.2) is 49.6 Å². The van der Waals surface area contributed by atoms with Gasteiger partial charge in [0.2, 0.25) is 22.5 Å². The lowest BCUT2D eigenvalue weighted by Gasteiger charge is -2.22. The molecule has 0 saturated heterocycles. The summed E-state index contributed by atoms with van der Waals surface area (Å²) in [6.45, 7) is 16.2. The molecule has 1 heterocycles. The summed E-state index contributed by atoms with van der Waals surface area (Å²) in [6.07, 6.45) is 0. The summed E-state index contributed by atoms with van der Waals surface area (Å²) < 4.78 is 16.8. The number of aromatic nitrogens is 3. The Morgan fingerprint density at radius 3 is 2.17 bits per heavy atom. The second-order valence-electron chi connectivity index (χ2n) is 7.15. The molecule has 0 bridgehead atoms. The van der Waals surface area contributed by atoms with Gasteiger partial charge in [0.25, 0.3) is 0 Å². The fourth-order valence-corrected chi connectivity index (χ4v) is 3.72. The third kappa shape index (κ3) is 7.62. The molecule has 7 nitrogen and oxygen atoms in total. The van der Waals surface area contributed by atoms with Crippen molar-refractivity contribution in [1.82, 2.24) is 15.2 Å². The SMILES string of the molecule is CCOC(=O)C(C)Sc1nnc(O[Si](C)(C)C)nc1O[Si](C)(C)C. The summed E-state index contributed by atoms with van der Waals surface area (Å²) in [4.78, 5) is 16.2.